The molecule has 140 valence electrons. The number of hydrogen-bond donors (Lipinski definition) is 1. The number of rotatable bonds is 5. The number of carbonyl (C=O) groups excluding carboxylic acids is 1. The van der Waals surface area contributed by atoms with Gasteiger partial charge < -0.3 is 5.32 Å². The van der Waals surface area contributed by atoms with E-state index in [1.165, 1.54) is 6.92 Å². The fraction of sp³-hybridized carbons (Fsp3) is 0.500. The summed E-state index contributed by atoms with van der Waals surface area (Å²) in [4.78, 5) is 21.5. The van der Waals surface area contributed by atoms with Crippen molar-refractivity contribution in [3.05, 3.63) is 45.7 Å². The molecule has 4 nitrogen and oxygen atoms in total. The van der Waals surface area contributed by atoms with Gasteiger partial charge in [-0.2, -0.15) is 13.2 Å². The van der Waals surface area contributed by atoms with E-state index in [1.807, 2.05) is 17.5 Å². The van der Waals surface area contributed by atoms with Crippen LogP contribution in [0.15, 0.2) is 23.6 Å². The summed E-state index contributed by atoms with van der Waals surface area (Å²) in [5.74, 6) is 0.0374. The molecule has 1 fully saturated rings. The molecule has 0 aliphatic heterocycles. The first-order valence-corrected chi connectivity index (χ1v) is 9.43. The normalized spacial score (nSPS) is 16.6. The lowest BCUT2D eigenvalue weighted by molar-refractivity contribution is -0.141. The Bertz CT molecular complexity index is 768. The molecular weight excluding hydrogens is 363 g/mol. The van der Waals surface area contributed by atoms with E-state index in [0.717, 1.165) is 36.6 Å². The number of aryl methyl sites for hydroxylation is 1. The highest BCUT2D eigenvalue weighted by Gasteiger charge is 2.43. The molecule has 8 heteroatoms. The molecule has 3 rings (SSSR count). The first-order chi connectivity index (χ1) is 12.3. The van der Waals surface area contributed by atoms with Crippen molar-refractivity contribution in [2.75, 3.05) is 6.54 Å². The fourth-order valence-electron chi connectivity index (χ4n) is 3.46. The van der Waals surface area contributed by atoms with Crippen LogP contribution in [-0.4, -0.2) is 22.4 Å². The van der Waals surface area contributed by atoms with Gasteiger partial charge in [-0.25, -0.2) is 9.97 Å². The molecule has 0 saturated heterocycles. The fourth-order valence-corrected chi connectivity index (χ4v) is 4.44. The first-order valence-electron chi connectivity index (χ1n) is 8.55. The van der Waals surface area contributed by atoms with E-state index in [2.05, 4.69) is 15.3 Å². The molecule has 0 bridgehead atoms. The number of nitrogens with zero attached hydrogens (tertiary/aromatic N) is 2. The van der Waals surface area contributed by atoms with Gasteiger partial charge in [0.15, 0.2) is 0 Å². The molecule has 1 aliphatic rings. The van der Waals surface area contributed by atoms with Crippen LogP contribution in [0, 0.1) is 6.92 Å². The van der Waals surface area contributed by atoms with Crippen LogP contribution >= 0.6 is 11.3 Å². The van der Waals surface area contributed by atoms with Gasteiger partial charge in [-0.1, -0.05) is 18.9 Å². The van der Waals surface area contributed by atoms with Gasteiger partial charge in [-0.05, 0) is 37.3 Å². The molecular formula is C18H20F3N3OS. The molecule has 0 atom stereocenters. The van der Waals surface area contributed by atoms with Crippen molar-refractivity contribution in [2.45, 2.75) is 50.6 Å². The number of hydrogen-bond acceptors (Lipinski definition) is 4. The van der Waals surface area contributed by atoms with Gasteiger partial charge in [-0.15, -0.1) is 11.3 Å². The number of thiophene rings is 1. The highest BCUT2D eigenvalue weighted by atomic mass is 32.1. The Labute approximate surface area is 153 Å². The molecule has 2 aromatic heterocycles. The van der Waals surface area contributed by atoms with Crippen LogP contribution in [0.2, 0.25) is 0 Å². The lowest BCUT2D eigenvalue weighted by Gasteiger charge is -2.26. The summed E-state index contributed by atoms with van der Waals surface area (Å²) in [7, 11) is 0. The molecule has 1 amide bonds. The van der Waals surface area contributed by atoms with Crippen LogP contribution in [0.25, 0.3) is 0 Å². The van der Waals surface area contributed by atoms with Crippen molar-refractivity contribution >= 4 is 17.2 Å². The lowest BCUT2D eigenvalue weighted by Crippen LogP contribution is -2.42. The maximum absolute atomic E-state index is 12.9. The second kappa shape index (κ2) is 7.34. The largest absolute Gasteiger partial charge is 0.433 e. The smallest absolute Gasteiger partial charge is 0.355 e. The van der Waals surface area contributed by atoms with Crippen LogP contribution in [0.4, 0.5) is 13.2 Å². The van der Waals surface area contributed by atoms with E-state index in [1.54, 1.807) is 11.3 Å². The zero-order valence-corrected chi connectivity index (χ0v) is 15.2. The van der Waals surface area contributed by atoms with E-state index in [0.29, 0.717) is 0 Å². The predicted octanol–water partition coefficient (Wildman–Crippen LogP) is 4.04. The third-order valence-corrected chi connectivity index (χ3v) is 5.78. The van der Waals surface area contributed by atoms with Crippen molar-refractivity contribution in [3.8, 4) is 0 Å². The van der Waals surface area contributed by atoms with Crippen molar-refractivity contribution in [1.82, 2.24) is 15.3 Å². The Morgan fingerprint density at radius 2 is 2.04 bits per heavy atom. The van der Waals surface area contributed by atoms with Crippen molar-refractivity contribution < 1.29 is 18.0 Å². The summed E-state index contributed by atoms with van der Waals surface area (Å²) in [6.45, 7) is 1.72. The standard InChI is InChI=1S/C18H20F3N3OS/c1-12-11-13(18(19,20)21)24-15(23-12)6-9-22-16(25)17(7-2-3-8-17)14-5-4-10-26-14/h4-5,10-11H,2-3,6-9H2,1H3,(H,22,25). The van der Waals surface area contributed by atoms with Gasteiger partial charge in [0.1, 0.15) is 11.5 Å². The molecule has 1 saturated carbocycles. The maximum Gasteiger partial charge on any atom is 0.433 e. The molecule has 2 aromatic rings. The van der Waals surface area contributed by atoms with Crippen molar-refractivity contribution in [2.24, 2.45) is 0 Å². The molecule has 0 spiro atoms. The summed E-state index contributed by atoms with van der Waals surface area (Å²) in [5.41, 5.74) is -1.18. The molecule has 1 N–H and O–H groups in total. The van der Waals surface area contributed by atoms with Crippen LogP contribution in [0.3, 0.4) is 0 Å². The topological polar surface area (TPSA) is 54.9 Å². The summed E-state index contributed by atoms with van der Waals surface area (Å²) >= 11 is 1.57. The van der Waals surface area contributed by atoms with E-state index in [9.17, 15) is 18.0 Å². The Morgan fingerprint density at radius 1 is 1.31 bits per heavy atom. The first kappa shape index (κ1) is 18.8. The third kappa shape index (κ3) is 3.90. The number of aromatic nitrogens is 2. The Balaban J connectivity index is 1.66. The number of carbonyl (C=O) groups is 1. The second-order valence-electron chi connectivity index (χ2n) is 6.58. The van der Waals surface area contributed by atoms with Crippen molar-refractivity contribution in [3.63, 3.8) is 0 Å². The highest BCUT2D eigenvalue weighted by molar-refractivity contribution is 7.10. The molecule has 26 heavy (non-hydrogen) atoms. The molecule has 0 aromatic carbocycles. The second-order valence-corrected chi connectivity index (χ2v) is 7.53. The Hall–Kier alpha value is -1.96. The SMILES string of the molecule is Cc1cc(C(F)(F)F)nc(CCNC(=O)C2(c3cccs3)CCCC2)n1. The molecule has 0 radical (unpaired) electrons. The van der Waals surface area contributed by atoms with E-state index < -0.39 is 17.3 Å². The Morgan fingerprint density at radius 3 is 2.65 bits per heavy atom. The minimum Gasteiger partial charge on any atom is -0.355 e. The minimum atomic E-state index is -4.50. The third-order valence-electron chi connectivity index (χ3n) is 4.71. The number of nitrogens with one attached hydrogen (secondary N) is 1. The molecule has 0 unspecified atom stereocenters. The Kier molecular flexibility index (Phi) is 5.32. The zero-order chi connectivity index (χ0) is 18.8. The van der Waals surface area contributed by atoms with Gasteiger partial charge in [0, 0.05) is 23.5 Å². The van der Waals surface area contributed by atoms with Gasteiger partial charge in [0.25, 0.3) is 0 Å². The number of alkyl halides is 3. The van der Waals surface area contributed by atoms with Crippen LogP contribution in [0.1, 0.15) is 47.8 Å². The van der Waals surface area contributed by atoms with E-state index in [-0.39, 0.29) is 30.4 Å². The molecule has 2 heterocycles. The quantitative estimate of drug-likeness (QED) is 0.848. The van der Waals surface area contributed by atoms with Crippen LogP contribution < -0.4 is 5.32 Å². The zero-order valence-electron chi connectivity index (χ0n) is 14.4. The predicted molar refractivity (Wildman–Crippen MR) is 92.9 cm³/mol. The lowest BCUT2D eigenvalue weighted by atomic mass is 9.83. The average Bonchev–Trinajstić information content (AvgIpc) is 3.25. The van der Waals surface area contributed by atoms with Crippen LogP contribution in [-0.2, 0) is 22.8 Å². The minimum absolute atomic E-state index is 0.0545. The van der Waals surface area contributed by atoms with Gasteiger partial charge in [0.2, 0.25) is 5.91 Å². The van der Waals surface area contributed by atoms with E-state index >= 15 is 0 Å². The maximum atomic E-state index is 12.9. The average molecular weight is 383 g/mol. The van der Waals surface area contributed by atoms with Gasteiger partial charge in [0.05, 0.1) is 5.41 Å². The molecule has 1 aliphatic carbocycles. The highest BCUT2D eigenvalue weighted by Crippen LogP contribution is 2.43. The van der Waals surface area contributed by atoms with E-state index in [4.69, 9.17) is 0 Å². The summed E-state index contributed by atoms with van der Waals surface area (Å²) in [6, 6.07) is 4.84. The number of halogens is 3. The summed E-state index contributed by atoms with van der Waals surface area (Å²) < 4.78 is 38.6. The monoisotopic (exact) mass is 383 g/mol. The van der Waals surface area contributed by atoms with Gasteiger partial charge in [-0.3, -0.25) is 4.79 Å². The number of amides is 1. The van der Waals surface area contributed by atoms with Crippen LogP contribution in [0.5, 0.6) is 0 Å². The van der Waals surface area contributed by atoms with Crippen molar-refractivity contribution in [1.29, 1.82) is 0 Å². The van der Waals surface area contributed by atoms with Gasteiger partial charge >= 0.3 is 6.18 Å². The summed E-state index contributed by atoms with van der Waals surface area (Å²) in [6.07, 6.45) is -0.727. The summed E-state index contributed by atoms with van der Waals surface area (Å²) in [5, 5.41) is 4.85.